The highest BCUT2D eigenvalue weighted by molar-refractivity contribution is 8.76. The SMILES string of the molecule is CC(O)C(NC(=O)C1CSSCC(NC(=O)C(Cc2ccccc2)NC(C)(C)C)C(=O)CC(Cc2ccc(O)cc2)C(=O)NC(Cc2c[nH]c3ccccc23)C(=O)NC(CCCCN)C(=O)NC(C(C)O)C(=O)N1)C(=O)O. The van der Waals surface area contributed by atoms with E-state index in [1.165, 1.54) is 19.1 Å². The van der Waals surface area contributed by atoms with E-state index in [4.69, 9.17) is 5.73 Å². The van der Waals surface area contributed by atoms with Crippen molar-refractivity contribution in [2.24, 2.45) is 11.7 Å². The number of carboxylic acid groups (broad SMARTS) is 1. The monoisotopic (exact) mass is 1100 g/mol. The number of aromatic amines is 1. The molecule has 77 heavy (non-hydrogen) atoms. The smallest absolute Gasteiger partial charge is 0.328 e. The molecule has 0 saturated carbocycles. The van der Waals surface area contributed by atoms with Crippen LogP contribution in [0.2, 0.25) is 0 Å². The van der Waals surface area contributed by atoms with Crippen LogP contribution in [0.3, 0.4) is 0 Å². The first kappa shape index (κ1) is 61.4. The van der Waals surface area contributed by atoms with Crippen LogP contribution in [0.25, 0.3) is 10.9 Å². The first-order chi connectivity index (χ1) is 36.5. The van der Waals surface area contributed by atoms with Crippen molar-refractivity contribution in [3.63, 3.8) is 0 Å². The highest BCUT2D eigenvalue weighted by atomic mass is 33.1. The van der Waals surface area contributed by atoms with E-state index in [2.05, 4.69) is 42.2 Å². The molecule has 6 amide bonds. The molecule has 10 unspecified atom stereocenters. The van der Waals surface area contributed by atoms with Crippen LogP contribution >= 0.6 is 21.6 Å². The maximum absolute atomic E-state index is 15.0. The summed E-state index contributed by atoms with van der Waals surface area (Å²) < 4.78 is 0. The molecule has 10 atom stereocenters. The average Bonchev–Trinajstić information content (AvgIpc) is 3.78. The second kappa shape index (κ2) is 29.3. The molecule has 1 aliphatic heterocycles. The van der Waals surface area contributed by atoms with Crippen molar-refractivity contribution >= 4 is 79.7 Å². The number of carboxylic acids is 1. The van der Waals surface area contributed by atoms with Gasteiger partial charge in [0.1, 0.15) is 29.9 Å². The van der Waals surface area contributed by atoms with Crippen LogP contribution in [-0.4, -0.2) is 151 Å². The van der Waals surface area contributed by atoms with Gasteiger partial charge in [-0.05, 0) is 108 Å². The van der Waals surface area contributed by atoms with E-state index in [0.717, 1.165) is 45.0 Å². The molecule has 4 aromatic rings. The summed E-state index contributed by atoms with van der Waals surface area (Å²) in [6.07, 6.45) is -1.13. The number of benzene rings is 3. The number of aromatic nitrogens is 1. The van der Waals surface area contributed by atoms with E-state index in [-0.39, 0.29) is 49.5 Å². The highest BCUT2D eigenvalue weighted by Crippen LogP contribution is 2.26. The van der Waals surface area contributed by atoms with Crippen molar-refractivity contribution in [1.82, 2.24) is 42.2 Å². The summed E-state index contributed by atoms with van der Waals surface area (Å²) >= 11 is 0. The summed E-state index contributed by atoms with van der Waals surface area (Å²) in [4.78, 5) is 117. The molecule has 0 aliphatic carbocycles. The summed E-state index contributed by atoms with van der Waals surface area (Å²) in [7, 11) is 1.99. The predicted octanol–water partition coefficient (Wildman–Crippen LogP) is 1.51. The van der Waals surface area contributed by atoms with Gasteiger partial charge in [-0.25, -0.2) is 4.79 Å². The van der Waals surface area contributed by atoms with Crippen LogP contribution in [0.15, 0.2) is 85.1 Å². The van der Waals surface area contributed by atoms with Crippen LogP contribution in [0, 0.1) is 5.92 Å². The summed E-state index contributed by atoms with van der Waals surface area (Å²) in [5.41, 5.74) is 8.00. The fourth-order valence-corrected chi connectivity index (χ4v) is 11.0. The van der Waals surface area contributed by atoms with Crippen molar-refractivity contribution in [2.45, 2.75) is 140 Å². The van der Waals surface area contributed by atoms with Gasteiger partial charge < -0.3 is 68.4 Å². The molecule has 0 bridgehead atoms. The zero-order valence-electron chi connectivity index (χ0n) is 43.9. The fourth-order valence-electron chi connectivity index (χ4n) is 8.66. The van der Waals surface area contributed by atoms with Crippen molar-refractivity contribution in [1.29, 1.82) is 0 Å². The number of phenols is 1. The van der Waals surface area contributed by atoms with Crippen LogP contribution in [-0.2, 0) is 57.6 Å². The topological polar surface area (TPSA) is 344 Å². The lowest BCUT2D eigenvalue weighted by Gasteiger charge is -2.30. The minimum atomic E-state index is -1.81. The van der Waals surface area contributed by atoms with Gasteiger partial charge in [-0.15, -0.1) is 0 Å². The molecule has 5 rings (SSSR count). The number of aromatic hydroxyl groups is 1. The minimum absolute atomic E-state index is 0.00590. The molecule has 0 spiro atoms. The van der Waals surface area contributed by atoms with Crippen molar-refractivity contribution in [2.75, 3.05) is 18.1 Å². The molecule has 3 aromatic carbocycles. The number of fused-ring (bicyclic) bond motifs is 1. The first-order valence-corrected chi connectivity index (χ1v) is 28.0. The molecular weight excluding hydrogens is 1030 g/mol. The lowest BCUT2D eigenvalue weighted by atomic mass is 9.90. The third kappa shape index (κ3) is 19.2. The van der Waals surface area contributed by atoms with Crippen molar-refractivity contribution in [3.05, 3.63) is 102 Å². The van der Waals surface area contributed by atoms with E-state index in [0.29, 0.717) is 24.0 Å². The minimum Gasteiger partial charge on any atom is -0.508 e. The Labute approximate surface area is 455 Å². The van der Waals surface area contributed by atoms with Gasteiger partial charge in [0.05, 0.1) is 24.3 Å². The predicted molar refractivity (Wildman–Crippen MR) is 294 cm³/mol. The number of hydrogen-bond acceptors (Lipinski definition) is 15. The number of aliphatic carboxylic acids is 1. The Kier molecular flexibility index (Phi) is 23.3. The molecule has 1 aliphatic rings. The van der Waals surface area contributed by atoms with E-state index in [1.807, 2.05) is 75.4 Å². The number of H-pyrrole nitrogens is 1. The molecule has 14 N–H and O–H groups in total. The molecule has 23 heteroatoms. The van der Waals surface area contributed by atoms with Crippen LogP contribution in [0.4, 0.5) is 0 Å². The van der Waals surface area contributed by atoms with Crippen LogP contribution < -0.4 is 43.0 Å². The lowest BCUT2D eigenvalue weighted by molar-refractivity contribution is -0.145. The van der Waals surface area contributed by atoms with Crippen molar-refractivity contribution < 1.29 is 58.8 Å². The molecule has 1 aromatic heterocycles. The summed E-state index contributed by atoms with van der Waals surface area (Å²) in [5.74, 6) is -8.93. The zero-order valence-corrected chi connectivity index (χ0v) is 45.5. The van der Waals surface area contributed by atoms with Gasteiger partial charge in [0, 0.05) is 52.9 Å². The summed E-state index contributed by atoms with van der Waals surface area (Å²) in [6.45, 7) is 8.27. The number of hydrogen-bond donors (Lipinski definition) is 13. The quantitative estimate of drug-likeness (QED) is 0.0496. The number of carbonyl (C=O) groups is 8. The van der Waals surface area contributed by atoms with Gasteiger partial charge in [0.15, 0.2) is 11.8 Å². The van der Waals surface area contributed by atoms with Crippen LogP contribution in [0.1, 0.15) is 77.0 Å². The summed E-state index contributed by atoms with van der Waals surface area (Å²) in [5, 5.41) is 61.0. The van der Waals surface area contributed by atoms with Gasteiger partial charge >= 0.3 is 5.97 Å². The number of unbranched alkanes of at least 4 members (excludes halogenated alkanes) is 1. The number of rotatable bonds is 18. The molecule has 21 nitrogen and oxygen atoms in total. The van der Waals surface area contributed by atoms with E-state index < -0.39 is 120 Å². The first-order valence-electron chi connectivity index (χ1n) is 25.6. The number of aliphatic hydroxyl groups excluding tert-OH is 2. The number of para-hydroxylation sites is 1. The Morgan fingerprint density at radius 1 is 0.766 bits per heavy atom. The third-order valence-corrected chi connectivity index (χ3v) is 15.2. The second-order valence-electron chi connectivity index (χ2n) is 20.3. The van der Waals surface area contributed by atoms with Gasteiger partial charge in [-0.2, -0.15) is 0 Å². The Morgan fingerprint density at radius 3 is 2.06 bits per heavy atom. The molecule has 2 heterocycles. The van der Waals surface area contributed by atoms with Gasteiger partial charge in [0.2, 0.25) is 35.4 Å². The van der Waals surface area contributed by atoms with E-state index >= 15 is 0 Å². The maximum atomic E-state index is 15.0. The normalized spacial score (nSPS) is 22.3. The van der Waals surface area contributed by atoms with Crippen LogP contribution in [0.5, 0.6) is 5.75 Å². The molecule has 418 valence electrons. The Morgan fingerprint density at radius 2 is 1.42 bits per heavy atom. The number of nitrogens with two attached hydrogens (primary N) is 1. The number of amides is 6. The molecule has 1 fully saturated rings. The number of phenolic OH excluding ortho intramolecular Hbond substituents is 1. The van der Waals surface area contributed by atoms with Gasteiger partial charge in [-0.3, -0.25) is 33.6 Å². The third-order valence-electron chi connectivity index (χ3n) is 12.8. The number of Topliss-reactive ketones (excluding diaryl/α,β-unsaturated/α-hetero) is 1. The number of nitrogens with one attached hydrogen (secondary N) is 8. The Bertz CT molecular complexity index is 2650. The number of ketones is 1. The Hall–Kier alpha value is -6.50. The second-order valence-corrected chi connectivity index (χ2v) is 22.9. The largest absolute Gasteiger partial charge is 0.508 e. The average molecular weight is 1100 g/mol. The molecular formula is C54H73N9O12S2. The highest BCUT2D eigenvalue weighted by Gasteiger charge is 2.38. The van der Waals surface area contributed by atoms with Crippen molar-refractivity contribution in [3.8, 4) is 5.75 Å². The zero-order chi connectivity index (χ0) is 56.4. The van der Waals surface area contributed by atoms with E-state index in [1.54, 1.807) is 18.3 Å². The number of aliphatic hydroxyl groups is 2. The fraction of sp³-hybridized carbons (Fsp3) is 0.481. The van der Waals surface area contributed by atoms with E-state index in [9.17, 15) is 58.8 Å². The Balaban J connectivity index is 1.62. The standard InChI is InChI=1S/C54H73N9O12S2/c1-30(64)45-52(73)60-43(51(72)62-46(31(2)65)53(74)75)29-77-76-28-42(59-50(71)41(63-54(3,4)5)24-32-13-7-6-8-14-32)44(67)26-34(23-33-18-20-36(66)21-19-33)47(68)58-40(25-35-27-56-38-16-10-9-15-37(35)38)49(70)57-39(48(69)61-45)17-11-12-22-55/h6-10,13-16,18-21,27,30-31,34,39-43,45-46,56,63-66H,11-12,17,22-26,28-29,55H2,1-5H3,(H,57,70)(H,58,68)(H,59,71)(H,60,73)(H,61,69)(H,62,72)(H,74,75). The lowest BCUT2D eigenvalue weighted by Crippen LogP contribution is -2.62. The summed E-state index contributed by atoms with van der Waals surface area (Å²) in [6, 6.07) is 12.6. The molecule has 0 radical (unpaired) electrons. The van der Waals surface area contributed by atoms with Gasteiger partial charge in [0.25, 0.3) is 0 Å². The number of carbonyl (C=O) groups excluding carboxylic acids is 7. The maximum Gasteiger partial charge on any atom is 0.328 e. The molecule has 1 saturated heterocycles. The van der Waals surface area contributed by atoms with Gasteiger partial charge in [-0.1, -0.05) is 82.3 Å².